The van der Waals surface area contributed by atoms with Crippen molar-refractivity contribution in [2.45, 2.75) is 25.8 Å². The molecule has 0 saturated carbocycles. The molecular weight excluding hydrogens is 116 g/mol. The van der Waals surface area contributed by atoms with Crippen molar-refractivity contribution in [2.24, 2.45) is 0 Å². The predicted octanol–water partition coefficient (Wildman–Crippen LogP) is -0.168. The SMILES string of the molecule is CC1(C)CC(=O)NCN1. The molecule has 9 heavy (non-hydrogen) atoms. The number of amides is 1. The fourth-order valence-electron chi connectivity index (χ4n) is 0.908. The van der Waals surface area contributed by atoms with Crippen LogP contribution < -0.4 is 10.6 Å². The molecule has 1 amide bonds. The van der Waals surface area contributed by atoms with Gasteiger partial charge in [-0.15, -0.1) is 0 Å². The van der Waals surface area contributed by atoms with Gasteiger partial charge in [0.05, 0.1) is 6.67 Å². The van der Waals surface area contributed by atoms with Gasteiger partial charge in [-0.25, -0.2) is 0 Å². The lowest BCUT2D eigenvalue weighted by atomic mass is 9.99. The van der Waals surface area contributed by atoms with E-state index in [4.69, 9.17) is 0 Å². The maximum atomic E-state index is 10.7. The van der Waals surface area contributed by atoms with Gasteiger partial charge in [-0.05, 0) is 13.8 Å². The van der Waals surface area contributed by atoms with Crippen LogP contribution in [-0.2, 0) is 4.79 Å². The quantitative estimate of drug-likeness (QED) is 0.475. The zero-order chi connectivity index (χ0) is 6.91. The van der Waals surface area contributed by atoms with Gasteiger partial charge in [-0.2, -0.15) is 0 Å². The molecule has 52 valence electrons. The summed E-state index contributed by atoms with van der Waals surface area (Å²) in [6, 6.07) is 0. The molecule has 1 aliphatic heterocycles. The molecule has 1 fully saturated rings. The van der Waals surface area contributed by atoms with E-state index in [1.165, 1.54) is 0 Å². The molecule has 2 N–H and O–H groups in total. The second-order valence-corrected chi connectivity index (χ2v) is 3.01. The summed E-state index contributed by atoms with van der Waals surface area (Å²) >= 11 is 0. The Morgan fingerprint density at radius 2 is 2.22 bits per heavy atom. The fourth-order valence-corrected chi connectivity index (χ4v) is 0.908. The molecule has 3 heteroatoms. The van der Waals surface area contributed by atoms with Gasteiger partial charge >= 0.3 is 0 Å². The van der Waals surface area contributed by atoms with E-state index in [2.05, 4.69) is 10.6 Å². The summed E-state index contributed by atoms with van der Waals surface area (Å²) in [7, 11) is 0. The van der Waals surface area contributed by atoms with Gasteiger partial charge in [0.1, 0.15) is 0 Å². The molecule has 0 aromatic heterocycles. The second kappa shape index (κ2) is 1.99. The van der Waals surface area contributed by atoms with Crippen molar-refractivity contribution in [3.63, 3.8) is 0 Å². The number of carbonyl (C=O) groups excluding carboxylic acids is 1. The van der Waals surface area contributed by atoms with Gasteiger partial charge in [0.2, 0.25) is 5.91 Å². The van der Waals surface area contributed by atoms with E-state index in [1.54, 1.807) is 0 Å². The summed E-state index contributed by atoms with van der Waals surface area (Å²) in [6.45, 7) is 4.64. The Balaban J connectivity index is 2.51. The molecule has 1 heterocycles. The molecule has 0 aliphatic carbocycles. The third-order valence-electron chi connectivity index (χ3n) is 1.45. The Bertz CT molecular complexity index is 131. The van der Waals surface area contributed by atoms with Crippen LogP contribution in [0.4, 0.5) is 0 Å². The van der Waals surface area contributed by atoms with Crippen molar-refractivity contribution in [2.75, 3.05) is 6.67 Å². The summed E-state index contributed by atoms with van der Waals surface area (Å²) in [6.07, 6.45) is 0.576. The summed E-state index contributed by atoms with van der Waals surface area (Å²) in [5.41, 5.74) is -0.0116. The molecule has 1 saturated heterocycles. The monoisotopic (exact) mass is 128 g/mol. The molecule has 0 unspecified atom stereocenters. The Hall–Kier alpha value is -0.570. The van der Waals surface area contributed by atoms with E-state index in [1.807, 2.05) is 13.8 Å². The molecule has 0 bridgehead atoms. The van der Waals surface area contributed by atoms with Crippen LogP contribution in [0.25, 0.3) is 0 Å². The van der Waals surface area contributed by atoms with Gasteiger partial charge in [0.25, 0.3) is 0 Å². The zero-order valence-electron chi connectivity index (χ0n) is 5.82. The lowest BCUT2D eigenvalue weighted by Crippen LogP contribution is -2.54. The first kappa shape index (κ1) is 6.55. The van der Waals surface area contributed by atoms with Crippen LogP contribution in [-0.4, -0.2) is 18.1 Å². The van der Waals surface area contributed by atoms with Crippen molar-refractivity contribution in [3.8, 4) is 0 Å². The Kier molecular flexibility index (Phi) is 1.45. The zero-order valence-corrected chi connectivity index (χ0v) is 5.82. The number of hydrogen-bond acceptors (Lipinski definition) is 2. The van der Waals surface area contributed by atoms with Crippen LogP contribution in [0.15, 0.2) is 0 Å². The minimum Gasteiger partial charge on any atom is -0.343 e. The van der Waals surface area contributed by atoms with Crippen LogP contribution in [0.1, 0.15) is 20.3 Å². The number of rotatable bonds is 0. The summed E-state index contributed by atoms with van der Waals surface area (Å²) < 4.78 is 0. The Morgan fingerprint density at radius 1 is 1.56 bits per heavy atom. The minimum atomic E-state index is -0.0116. The van der Waals surface area contributed by atoms with Gasteiger partial charge in [0.15, 0.2) is 0 Å². The molecule has 0 atom stereocenters. The molecule has 3 nitrogen and oxygen atoms in total. The topological polar surface area (TPSA) is 41.1 Å². The Labute approximate surface area is 54.8 Å². The van der Waals surface area contributed by atoms with Gasteiger partial charge in [-0.3, -0.25) is 10.1 Å². The maximum absolute atomic E-state index is 10.7. The van der Waals surface area contributed by atoms with Crippen molar-refractivity contribution in [1.29, 1.82) is 0 Å². The highest BCUT2D eigenvalue weighted by atomic mass is 16.1. The van der Waals surface area contributed by atoms with Crippen LogP contribution in [0.2, 0.25) is 0 Å². The molecule has 1 rings (SSSR count). The van der Waals surface area contributed by atoms with Gasteiger partial charge in [0, 0.05) is 12.0 Å². The smallest absolute Gasteiger partial charge is 0.222 e. The predicted molar refractivity (Wildman–Crippen MR) is 34.8 cm³/mol. The van der Waals surface area contributed by atoms with E-state index < -0.39 is 0 Å². The molecule has 0 spiro atoms. The van der Waals surface area contributed by atoms with E-state index in [-0.39, 0.29) is 11.4 Å². The standard InChI is InChI=1S/C6H12N2O/c1-6(2)3-5(9)7-4-8-6/h8H,3-4H2,1-2H3,(H,7,9). The number of hydrogen-bond donors (Lipinski definition) is 2. The summed E-state index contributed by atoms with van der Waals surface area (Å²) in [4.78, 5) is 10.7. The van der Waals surface area contributed by atoms with Crippen LogP contribution in [0.5, 0.6) is 0 Å². The molecular formula is C6H12N2O. The van der Waals surface area contributed by atoms with E-state index in [0.29, 0.717) is 13.1 Å². The van der Waals surface area contributed by atoms with Crippen molar-refractivity contribution < 1.29 is 4.79 Å². The lowest BCUT2D eigenvalue weighted by molar-refractivity contribution is -0.124. The first-order chi connectivity index (χ1) is 4.10. The molecule has 0 aromatic carbocycles. The average molecular weight is 128 g/mol. The highest BCUT2D eigenvalue weighted by molar-refractivity contribution is 5.77. The molecule has 1 aliphatic rings. The highest BCUT2D eigenvalue weighted by Crippen LogP contribution is 2.09. The molecule has 0 radical (unpaired) electrons. The van der Waals surface area contributed by atoms with Crippen LogP contribution in [0.3, 0.4) is 0 Å². The normalized spacial score (nSPS) is 25.3. The summed E-state index contributed by atoms with van der Waals surface area (Å²) in [5.74, 6) is 0.138. The minimum absolute atomic E-state index is 0.0116. The van der Waals surface area contributed by atoms with Gasteiger partial charge < -0.3 is 5.32 Å². The third kappa shape index (κ3) is 1.68. The van der Waals surface area contributed by atoms with Crippen LogP contribution >= 0.6 is 0 Å². The van der Waals surface area contributed by atoms with E-state index in [9.17, 15) is 4.79 Å². The highest BCUT2D eigenvalue weighted by Gasteiger charge is 2.24. The third-order valence-corrected chi connectivity index (χ3v) is 1.45. The van der Waals surface area contributed by atoms with E-state index in [0.717, 1.165) is 0 Å². The fraction of sp³-hybridized carbons (Fsp3) is 0.833. The van der Waals surface area contributed by atoms with E-state index >= 15 is 0 Å². The molecule has 0 aromatic rings. The maximum Gasteiger partial charge on any atom is 0.222 e. The number of nitrogens with one attached hydrogen (secondary N) is 2. The van der Waals surface area contributed by atoms with Crippen molar-refractivity contribution >= 4 is 5.91 Å². The van der Waals surface area contributed by atoms with Crippen molar-refractivity contribution in [3.05, 3.63) is 0 Å². The second-order valence-electron chi connectivity index (χ2n) is 3.01. The van der Waals surface area contributed by atoms with Crippen molar-refractivity contribution in [1.82, 2.24) is 10.6 Å². The largest absolute Gasteiger partial charge is 0.343 e. The average Bonchev–Trinajstić information content (AvgIpc) is 1.60. The Morgan fingerprint density at radius 3 is 2.56 bits per heavy atom. The van der Waals surface area contributed by atoms with Crippen LogP contribution in [0, 0.1) is 0 Å². The summed E-state index contributed by atoms with van der Waals surface area (Å²) in [5, 5.41) is 5.84. The lowest BCUT2D eigenvalue weighted by Gasteiger charge is -2.30. The number of carbonyl (C=O) groups is 1. The van der Waals surface area contributed by atoms with Gasteiger partial charge in [-0.1, -0.05) is 0 Å². The first-order valence-electron chi connectivity index (χ1n) is 3.12. The first-order valence-corrected chi connectivity index (χ1v) is 3.12.